The van der Waals surface area contributed by atoms with Crippen molar-refractivity contribution in [3.8, 4) is 5.75 Å². The normalized spacial score (nSPS) is 16.1. The average Bonchev–Trinajstić information content (AvgIpc) is 2.94. The molecule has 0 bridgehead atoms. The summed E-state index contributed by atoms with van der Waals surface area (Å²) in [6.45, 7) is 3.60. The number of H-pyrrole nitrogens is 1. The number of hydrogen-bond acceptors (Lipinski definition) is 5. The molecule has 4 rings (SSSR count). The van der Waals surface area contributed by atoms with Crippen molar-refractivity contribution in [2.75, 3.05) is 25.1 Å². The monoisotopic (exact) mass is 416 g/mol. The van der Waals surface area contributed by atoms with Gasteiger partial charge in [0.15, 0.2) is 5.75 Å². The van der Waals surface area contributed by atoms with Gasteiger partial charge in [0, 0.05) is 42.1 Å². The van der Waals surface area contributed by atoms with Crippen molar-refractivity contribution in [3.63, 3.8) is 0 Å². The van der Waals surface area contributed by atoms with Gasteiger partial charge in [-0.15, -0.1) is 0 Å². The van der Waals surface area contributed by atoms with E-state index in [0.717, 1.165) is 31.5 Å². The number of rotatable bonds is 5. The third kappa shape index (κ3) is 4.18. The Balaban J connectivity index is 1.60. The number of fused-ring (bicyclic) bond motifs is 1. The molecule has 3 heterocycles. The zero-order chi connectivity index (χ0) is 20.4. The highest BCUT2D eigenvalue weighted by Crippen LogP contribution is 2.29. The lowest BCUT2D eigenvalue weighted by atomic mass is 10.2. The summed E-state index contributed by atoms with van der Waals surface area (Å²) in [6, 6.07) is 5.00. The third-order valence-electron chi connectivity index (χ3n) is 5.44. The van der Waals surface area contributed by atoms with Crippen molar-refractivity contribution in [1.82, 2.24) is 15.0 Å². The fourth-order valence-corrected chi connectivity index (χ4v) is 4.88. The predicted molar refractivity (Wildman–Crippen MR) is 112 cm³/mol. The van der Waals surface area contributed by atoms with Crippen molar-refractivity contribution in [2.24, 2.45) is 0 Å². The van der Waals surface area contributed by atoms with Crippen LogP contribution in [0.1, 0.15) is 36.9 Å². The second-order valence-electron chi connectivity index (χ2n) is 7.34. The van der Waals surface area contributed by atoms with Crippen LogP contribution in [0.5, 0.6) is 5.75 Å². The van der Waals surface area contributed by atoms with Gasteiger partial charge in [0.05, 0.1) is 29.5 Å². The second-order valence-corrected chi connectivity index (χ2v) is 8.71. The molecule has 0 amide bonds. The lowest BCUT2D eigenvalue weighted by Gasteiger charge is -2.23. The lowest BCUT2D eigenvalue weighted by molar-refractivity contribution is 0.410. The van der Waals surface area contributed by atoms with E-state index in [0.29, 0.717) is 33.3 Å². The minimum atomic E-state index is -1.43. The van der Waals surface area contributed by atoms with Crippen LogP contribution in [0.4, 0.5) is 10.1 Å². The van der Waals surface area contributed by atoms with Crippen LogP contribution < -0.4 is 9.64 Å². The summed E-state index contributed by atoms with van der Waals surface area (Å²) in [5.41, 5.74) is 3.31. The van der Waals surface area contributed by atoms with E-state index in [1.165, 1.54) is 18.9 Å². The summed E-state index contributed by atoms with van der Waals surface area (Å²) < 4.78 is 32.9. The maximum Gasteiger partial charge on any atom is 0.322 e. The number of benzene rings is 1. The van der Waals surface area contributed by atoms with E-state index in [1.54, 1.807) is 25.4 Å². The van der Waals surface area contributed by atoms with Gasteiger partial charge >= 0.3 is 5.16 Å². The molecule has 0 saturated carbocycles. The van der Waals surface area contributed by atoms with E-state index in [-0.39, 0.29) is 11.6 Å². The molecule has 1 unspecified atom stereocenters. The van der Waals surface area contributed by atoms with Crippen LogP contribution in [0.2, 0.25) is 0 Å². The SMILES string of the molecule is COc1ccnc(C[S+]([O-])c2nc3cc(N4CCCCCC4)c(F)cc3[nH]2)c1C. The largest absolute Gasteiger partial charge is 0.609 e. The minimum absolute atomic E-state index is 0.213. The van der Waals surface area contributed by atoms with Gasteiger partial charge in [0.2, 0.25) is 0 Å². The van der Waals surface area contributed by atoms with Crippen LogP contribution >= 0.6 is 0 Å². The number of ether oxygens (including phenoxy) is 1. The van der Waals surface area contributed by atoms with Gasteiger partial charge in [-0.2, -0.15) is 4.98 Å². The van der Waals surface area contributed by atoms with Gasteiger partial charge in [-0.05, 0) is 31.9 Å². The lowest BCUT2D eigenvalue weighted by Crippen LogP contribution is -2.24. The summed E-state index contributed by atoms with van der Waals surface area (Å²) in [6.07, 6.45) is 6.15. The maximum absolute atomic E-state index is 14.7. The van der Waals surface area contributed by atoms with Crippen LogP contribution in [0.3, 0.4) is 0 Å². The second kappa shape index (κ2) is 8.59. The molecule has 1 aliphatic heterocycles. The number of anilines is 1. The summed E-state index contributed by atoms with van der Waals surface area (Å²) in [4.78, 5) is 13.9. The molecule has 1 aromatic carbocycles. The fraction of sp³-hybridized carbons (Fsp3) is 0.429. The fourth-order valence-electron chi connectivity index (χ4n) is 3.78. The molecule has 8 heteroatoms. The number of nitrogens with one attached hydrogen (secondary N) is 1. The first-order valence-corrected chi connectivity index (χ1v) is 11.2. The zero-order valence-corrected chi connectivity index (χ0v) is 17.5. The van der Waals surface area contributed by atoms with Crippen LogP contribution in [0.25, 0.3) is 11.0 Å². The average molecular weight is 417 g/mol. The van der Waals surface area contributed by atoms with Crippen LogP contribution in [0.15, 0.2) is 29.6 Å². The number of aromatic amines is 1. The number of imidazole rings is 1. The Kier molecular flexibility index (Phi) is 5.91. The van der Waals surface area contributed by atoms with Crippen molar-refractivity contribution in [3.05, 3.63) is 41.5 Å². The number of methoxy groups -OCH3 is 1. The van der Waals surface area contributed by atoms with Crippen molar-refractivity contribution < 1.29 is 13.7 Å². The molecule has 1 fully saturated rings. The summed E-state index contributed by atoms with van der Waals surface area (Å²) in [5.74, 6) is 0.649. The molecule has 0 spiro atoms. The van der Waals surface area contributed by atoms with Gasteiger partial charge in [0.1, 0.15) is 11.6 Å². The highest BCUT2D eigenvalue weighted by atomic mass is 32.2. The quantitative estimate of drug-likeness (QED) is 0.634. The molecule has 154 valence electrons. The number of halogens is 1. The van der Waals surface area contributed by atoms with Gasteiger partial charge in [-0.25, -0.2) is 4.39 Å². The van der Waals surface area contributed by atoms with Gasteiger partial charge < -0.3 is 14.2 Å². The molecular formula is C21H25FN4O2S. The molecule has 1 atom stereocenters. The Hall–Kier alpha value is -2.32. The van der Waals surface area contributed by atoms with E-state index >= 15 is 0 Å². The first-order chi connectivity index (χ1) is 14.1. The van der Waals surface area contributed by atoms with E-state index in [9.17, 15) is 8.94 Å². The molecule has 3 aromatic rings. The molecule has 1 N–H and O–H groups in total. The van der Waals surface area contributed by atoms with Gasteiger partial charge in [0.25, 0.3) is 0 Å². The predicted octanol–water partition coefficient (Wildman–Crippen LogP) is 4.10. The van der Waals surface area contributed by atoms with Crippen molar-refractivity contribution in [2.45, 2.75) is 43.5 Å². The van der Waals surface area contributed by atoms with Gasteiger partial charge in [-0.1, -0.05) is 12.8 Å². The summed E-state index contributed by atoms with van der Waals surface area (Å²) in [7, 11) is 1.60. The molecule has 6 nitrogen and oxygen atoms in total. The van der Waals surface area contributed by atoms with Crippen molar-refractivity contribution >= 4 is 27.9 Å². The van der Waals surface area contributed by atoms with E-state index < -0.39 is 11.2 Å². The smallest absolute Gasteiger partial charge is 0.322 e. The molecule has 0 aliphatic carbocycles. The molecule has 1 aliphatic rings. The molecular weight excluding hydrogens is 391 g/mol. The molecule has 2 aromatic heterocycles. The number of hydrogen-bond donors (Lipinski definition) is 1. The third-order valence-corrected chi connectivity index (χ3v) is 6.60. The van der Waals surface area contributed by atoms with Crippen LogP contribution in [-0.4, -0.2) is 39.7 Å². The Labute approximate surface area is 172 Å². The Morgan fingerprint density at radius 3 is 2.72 bits per heavy atom. The van der Waals surface area contributed by atoms with Crippen molar-refractivity contribution in [1.29, 1.82) is 0 Å². The first-order valence-electron chi connectivity index (χ1n) is 9.88. The summed E-state index contributed by atoms with van der Waals surface area (Å²) in [5, 5.41) is 0.330. The summed E-state index contributed by atoms with van der Waals surface area (Å²) >= 11 is -1.43. The van der Waals surface area contributed by atoms with E-state index in [2.05, 4.69) is 19.9 Å². The van der Waals surface area contributed by atoms with E-state index in [4.69, 9.17) is 4.74 Å². The Bertz CT molecular complexity index is 1000. The zero-order valence-electron chi connectivity index (χ0n) is 16.7. The Morgan fingerprint density at radius 2 is 2.00 bits per heavy atom. The highest BCUT2D eigenvalue weighted by Gasteiger charge is 2.22. The number of pyridine rings is 1. The molecule has 1 saturated heterocycles. The maximum atomic E-state index is 14.7. The number of nitrogens with zero attached hydrogens (tertiary/aromatic N) is 3. The van der Waals surface area contributed by atoms with E-state index in [1.807, 2.05) is 6.92 Å². The minimum Gasteiger partial charge on any atom is -0.609 e. The molecule has 0 radical (unpaired) electrons. The van der Waals surface area contributed by atoms with Crippen LogP contribution in [0, 0.1) is 12.7 Å². The topological polar surface area (TPSA) is 77.1 Å². The molecule has 29 heavy (non-hydrogen) atoms. The van der Waals surface area contributed by atoms with Gasteiger partial charge in [-0.3, -0.25) is 9.97 Å². The number of aromatic nitrogens is 3. The Morgan fingerprint density at radius 1 is 1.24 bits per heavy atom. The first kappa shape index (κ1) is 20.0. The standard InChI is InChI=1S/C21H25FN4O2S/c1-14-18(23-8-7-20(14)28-2)13-29(27)21-24-16-11-15(22)19(12-17(16)25-21)26-9-5-3-4-6-10-26/h7-8,11-12H,3-6,9-10,13H2,1-2H3,(H,24,25). The van der Waals surface area contributed by atoms with Crippen LogP contribution in [-0.2, 0) is 16.9 Å². The highest BCUT2D eigenvalue weighted by molar-refractivity contribution is 7.90.